The predicted molar refractivity (Wildman–Crippen MR) is 82.6 cm³/mol. The van der Waals surface area contributed by atoms with Gasteiger partial charge in [-0.15, -0.1) is 0 Å². The molecular formula is C16H32O2Si. The first-order valence-electron chi connectivity index (χ1n) is 8.58. The molecule has 0 radical (unpaired) electrons. The average molecular weight is 285 g/mol. The molecular weight excluding hydrogens is 252 g/mol. The van der Waals surface area contributed by atoms with Gasteiger partial charge in [0.05, 0.1) is 0 Å². The Morgan fingerprint density at radius 1 is 0.789 bits per heavy atom. The third-order valence-electron chi connectivity index (χ3n) is 5.05. The van der Waals surface area contributed by atoms with Gasteiger partial charge in [-0.1, -0.05) is 44.9 Å². The van der Waals surface area contributed by atoms with E-state index in [-0.39, 0.29) is 0 Å². The minimum absolute atomic E-state index is 0.788. The van der Waals surface area contributed by atoms with Crippen molar-refractivity contribution in [1.29, 1.82) is 0 Å². The smallest absolute Gasteiger partial charge is 0.341 e. The Bertz CT molecular complexity index is 239. The van der Waals surface area contributed by atoms with Gasteiger partial charge in [0.1, 0.15) is 0 Å². The van der Waals surface area contributed by atoms with Crippen LogP contribution in [0.5, 0.6) is 0 Å². The predicted octanol–water partition coefficient (Wildman–Crippen LogP) is 5.03. The monoisotopic (exact) mass is 284 g/mol. The van der Waals surface area contributed by atoms with Gasteiger partial charge in [0.25, 0.3) is 0 Å². The second kappa shape index (κ2) is 7.80. The van der Waals surface area contributed by atoms with E-state index in [1.165, 1.54) is 63.8 Å². The van der Waals surface area contributed by atoms with Crippen molar-refractivity contribution in [2.24, 2.45) is 5.92 Å². The first-order valence-corrected chi connectivity index (χ1v) is 10.7. The minimum Gasteiger partial charge on any atom is -0.394 e. The summed E-state index contributed by atoms with van der Waals surface area (Å²) < 4.78 is 12.7. The maximum Gasteiger partial charge on any atom is 0.341 e. The van der Waals surface area contributed by atoms with E-state index in [0.29, 0.717) is 0 Å². The SMILES string of the molecule is CCO[Si](CC1CCCCCC1)(OCC)C1CCC1. The van der Waals surface area contributed by atoms with Crippen molar-refractivity contribution < 1.29 is 8.85 Å². The molecule has 0 atom stereocenters. The van der Waals surface area contributed by atoms with Gasteiger partial charge in [-0.05, 0) is 38.7 Å². The highest BCUT2D eigenvalue weighted by atomic mass is 28.4. The summed E-state index contributed by atoms with van der Waals surface area (Å²) in [6, 6.07) is 1.28. The van der Waals surface area contributed by atoms with Gasteiger partial charge >= 0.3 is 8.56 Å². The Morgan fingerprint density at radius 2 is 1.37 bits per heavy atom. The summed E-state index contributed by atoms with van der Waals surface area (Å²) in [5, 5.41) is 0. The molecule has 0 bridgehead atoms. The van der Waals surface area contributed by atoms with Crippen LogP contribution in [-0.2, 0) is 8.85 Å². The average Bonchev–Trinajstić information content (AvgIpc) is 2.56. The molecule has 2 nitrogen and oxygen atoms in total. The van der Waals surface area contributed by atoms with Crippen LogP contribution in [0.15, 0.2) is 0 Å². The maximum atomic E-state index is 6.33. The van der Waals surface area contributed by atoms with Crippen LogP contribution < -0.4 is 0 Å². The van der Waals surface area contributed by atoms with Crippen molar-refractivity contribution in [3.63, 3.8) is 0 Å². The molecule has 112 valence electrons. The highest BCUT2D eigenvalue weighted by Crippen LogP contribution is 2.46. The van der Waals surface area contributed by atoms with Crippen LogP contribution in [0.2, 0.25) is 11.6 Å². The topological polar surface area (TPSA) is 18.5 Å². The minimum atomic E-state index is -1.92. The van der Waals surface area contributed by atoms with Gasteiger partial charge in [0, 0.05) is 18.8 Å². The molecule has 3 heteroatoms. The molecule has 0 unspecified atom stereocenters. The fourth-order valence-electron chi connectivity index (χ4n) is 3.87. The summed E-state index contributed by atoms with van der Waals surface area (Å²) in [6.45, 7) is 5.98. The molecule has 0 aromatic heterocycles. The maximum absolute atomic E-state index is 6.33. The van der Waals surface area contributed by atoms with Gasteiger partial charge in [-0.3, -0.25) is 0 Å². The van der Waals surface area contributed by atoms with Crippen LogP contribution in [0.4, 0.5) is 0 Å². The molecule has 0 amide bonds. The molecule has 2 saturated carbocycles. The fraction of sp³-hybridized carbons (Fsp3) is 1.00. The molecule has 0 aromatic carbocycles. The summed E-state index contributed by atoms with van der Waals surface area (Å²) in [7, 11) is -1.92. The summed E-state index contributed by atoms with van der Waals surface area (Å²) in [4.78, 5) is 0. The zero-order chi connectivity index (χ0) is 13.6. The first-order chi connectivity index (χ1) is 9.30. The van der Waals surface area contributed by atoms with Gasteiger partial charge in [0.2, 0.25) is 0 Å². The molecule has 0 spiro atoms. The van der Waals surface area contributed by atoms with E-state index in [2.05, 4.69) is 13.8 Å². The van der Waals surface area contributed by atoms with Crippen molar-refractivity contribution in [1.82, 2.24) is 0 Å². The van der Waals surface area contributed by atoms with Crippen LogP contribution in [-0.4, -0.2) is 21.8 Å². The lowest BCUT2D eigenvalue weighted by molar-refractivity contribution is 0.151. The Morgan fingerprint density at radius 3 is 1.79 bits per heavy atom. The molecule has 0 N–H and O–H groups in total. The Kier molecular flexibility index (Phi) is 6.37. The van der Waals surface area contributed by atoms with E-state index in [1.54, 1.807) is 0 Å². The Hall–Kier alpha value is 0.137. The van der Waals surface area contributed by atoms with Crippen LogP contribution in [0.25, 0.3) is 0 Å². The first kappa shape index (κ1) is 15.5. The highest BCUT2D eigenvalue weighted by molar-refractivity contribution is 6.69. The largest absolute Gasteiger partial charge is 0.394 e. The summed E-state index contributed by atoms with van der Waals surface area (Å²) in [6.07, 6.45) is 12.7. The van der Waals surface area contributed by atoms with Crippen molar-refractivity contribution >= 4 is 8.56 Å². The van der Waals surface area contributed by atoms with Crippen LogP contribution >= 0.6 is 0 Å². The molecule has 0 aromatic rings. The van der Waals surface area contributed by atoms with Gasteiger partial charge in [0.15, 0.2) is 0 Å². The normalized spacial score (nSPS) is 23.1. The number of hydrogen-bond acceptors (Lipinski definition) is 2. The van der Waals surface area contributed by atoms with Crippen LogP contribution in [0, 0.1) is 5.92 Å². The quantitative estimate of drug-likeness (QED) is 0.482. The van der Waals surface area contributed by atoms with Crippen molar-refractivity contribution in [3.05, 3.63) is 0 Å². The van der Waals surface area contributed by atoms with Crippen molar-refractivity contribution in [2.45, 2.75) is 83.2 Å². The van der Waals surface area contributed by atoms with E-state index in [9.17, 15) is 0 Å². The molecule has 0 saturated heterocycles. The lowest BCUT2D eigenvalue weighted by Crippen LogP contribution is -2.50. The Labute approximate surface area is 120 Å². The fourth-order valence-corrected chi connectivity index (χ4v) is 8.47. The molecule has 2 aliphatic carbocycles. The second-order valence-corrected chi connectivity index (χ2v) is 9.79. The summed E-state index contributed by atoms with van der Waals surface area (Å²) in [5.74, 6) is 0.882. The third kappa shape index (κ3) is 4.05. The van der Waals surface area contributed by atoms with E-state index in [1.807, 2.05) is 0 Å². The molecule has 19 heavy (non-hydrogen) atoms. The lowest BCUT2D eigenvalue weighted by atomic mass is 10.00. The van der Waals surface area contributed by atoms with Gasteiger partial charge in [-0.2, -0.15) is 0 Å². The molecule has 2 aliphatic rings. The zero-order valence-corrected chi connectivity index (χ0v) is 14.0. The van der Waals surface area contributed by atoms with E-state index in [4.69, 9.17) is 8.85 Å². The van der Waals surface area contributed by atoms with E-state index < -0.39 is 8.56 Å². The highest BCUT2D eigenvalue weighted by Gasteiger charge is 2.49. The third-order valence-corrected chi connectivity index (χ3v) is 9.57. The Balaban J connectivity index is 2.01. The lowest BCUT2D eigenvalue weighted by Gasteiger charge is -2.43. The van der Waals surface area contributed by atoms with Crippen LogP contribution in [0.1, 0.15) is 71.6 Å². The molecule has 2 fully saturated rings. The second-order valence-electron chi connectivity index (χ2n) is 6.37. The molecule has 2 rings (SSSR count). The summed E-state index contributed by atoms with van der Waals surface area (Å²) in [5.41, 5.74) is 0.788. The zero-order valence-electron chi connectivity index (χ0n) is 13.0. The van der Waals surface area contributed by atoms with E-state index in [0.717, 1.165) is 24.7 Å². The van der Waals surface area contributed by atoms with E-state index >= 15 is 0 Å². The number of hydrogen-bond donors (Lipinski definition) is 0. The van der Waals surface area contributed by atoms with Crippen molar-refractivity contribution in [3.8, 4) is 0 Å². The summed E-state index contributed by atoms with van der Waals surface area (Å²) >= 11 is 0. The van der Waals surface area contributed by atoms with Gasteiger partial charge < -0.3 is 8.85 Å². The molecule has 0 heterocycles. The van der Waals surface area contributed by atoms with Crippen molar-refractivity contribution in [2.75, 3.05) is 13.2 Å². The number of rotatable bonds is 7. The standard InChI is InChI=1S/C16H32O2Si/c1-3-17-19(18-4-2,16-12-9-13-16)14-15-10-7-5-6-8-11-15/h15-16H,3-14H2,1-2H3. The molecule has 0 aliphatic heterocycles. The van der Waals surface area contributed by atoms with Gasteiger partial charge in [-0.25, -0.2) is 0 Å². The van der Waals surface area contributed by atoms with Crippen LogP contribution in [0.3, 0.4) is 0 Å².